The average Bonchev–Trinajstić information content (AvgIpc) is 3.04. The Morgan fingerprint density at radius 1 is 1.19 bits per heavy atom. The van der Waals surface area contributed by atoms with Crippen molar-refractivity contribution in [3.8, 4) is 5.75 Å². The number of carboxylic acids is 1. The van der Waals surface area contributed by atoms with Crippen molar-refractivity contribution in [3.05, 3.63) is 72.4 Å². The van der Waals surface area contributed by atoms with Gasteiger partial charge in [0, 0.05) is 16.6 Å². The third kappa shape index (κ3) is 4.64. The van der Waals surface area contributed by atoms with Crippen LogP contribution in [-0.4, -0.2) is 28.6 Å². The number of anilines is 1. The number of nitrogen functional groups attached to an aromatic ring is 1. The molecular weight excluding hydrogens is 334 g/mol. The monoisotopic (exact) mass is 353 g/mol. The summed E-state index contributed by atoms with van der Waals surface area (Å²) in [6, 6.07) is 13.7. The highest BCUT2D eigenvalue weighted by atomic mass is 16.5. The first kappa shape index (κ1) is 18.6. The van der Waals surface area contributed by atoms with Crippen molar-refractivity contribution in [1.29, 1.82) is 0 Å². The Morgan fingerprint density at radius 3 is 2.50 bits per heavy atom. The molecule has 6 N–H and O–H groups in total. The summed E-state index contributed by atoms with van der Waals surface area (Å²) in [6.45, 7) is 3.99. The van der Waals surface area contributed by atoms with E-state index in [0.29, 0.717) is 23.6 Å². The van der Waals surface area contributed by atoms with Crippen molar-refractivity contribution in [3.63, 3.8) is 0 Å². The third-order valence-electron chi connectivity index (χ3n) is 3.42. The van der Waals surface area contributed by atoms with Gasteiger partial charge in [-0.2, -0.15) is 0 Å². The first-order valence-corrected chi connectivity index (χ1v) is 7.66. The number of carboxylic acid groups (broad SMARTS) is 1. The fourth-order valence-electron chi connectivity index (χ4n) is 2.19. The number of aromatic carboxylic acids is 1. The lowest BCUT2D eigenvalue weighted by Crippen LogP contribution is -2.12. The lowest BCUT2D eigenvalue weighted by Gasteiger charge is -2.01. The van der Waals surface area contributed by atoms with E-state index in [0.717, 1.165) is 10.9 Å². The highest BCUT2D eigenvalue weighted by Crippen LogP contribution is 2.21. The van der Waals surface area contributed by atoms with Gasteiger partial charge in [-0.25, -0.2) is 4.79 Å². The second-order valence-electron chi connectivity index (χ2n) is 5.29. The molecule has 0 unspecified atom stereocenters. The van der Waals surface area contributed by atoms with E-state index in [2.05, 4.69) is 11.6 Å². The molecule has 2 aromatic carbocycles. The number of hydrogen-bond donors (Lipinski definition) is 4. The number of carbonyl (C=O) groups excluding carboxylic acids is 1. The number of nitrogens with one attached hydrogen (secondary N) is 1. The number of carbonyl (C=O) groups is 2. The van der Waals surface area contributed by atoms with E-state index in [4.69, 9.17) is 21.3 Å². The van der Waals surface area contributed by atoms with Crippen LogP contribution in [0.1, 0.15) is 20.8 Å². The Kier molecular flexibility index (Phi) is 6.00. The Bertz CT molecular complexity index is 947. The number of para-hydroxylation sites is 1. The molecule has 26 heavy (non-hydrogen) atoms. The Hall–Kier alpha value is -3.74. The van der Waals surface area contributed by atoms with Crippen LogP contribution in [-0.2, 0) is 0 Å². The van der Waals surface area contributed by atoms with E-state index < -0.39 is 11.9 Å². The number of fused-ring (bicyclic) bond motifs is 1. The summed E-state index contributed by atoms with van der Waals surface area (Å²) in [5.74, 6) is -0.758. The first-order valence-electron chi connectivity index (χ1n) is 7.66. The van der Waals surface area contributed by atoms with E-state index in [-0.39, 0.29) is 5.69 Å². The minimum absolute atomic E-state index is 0.177. The molecule has 1 aromatic heterocycles. The van der Waals surface area contributed by atoms with Crippen LogP contribution in [0, 0.1) is 0 Å². The summed E-state index contributed by atoms with van der Waals surface area (Å²) >= 11 is 0. The van der Waals surface area contributed by atoms with Gasteiger partial charge in [0.05, 0.1) is 5.56 Å². The van der Waals surface area contributed by atoms with Crippen LogP contribution in [0.3, 0.4) is 0 Å². The van der Waals surface area contributed by atoms with Gasteiger partial charge in [-0.05, 0) is 36.4 Å². The van der Waals surface area contributed by atoms with E-state index in [1.54, 1.807) is 54.6 Å². The maximum Gasteiger partial charge on any atom is 0.352 e. The third-order valence-corrected chi connectivity index (χ3v) is 3.42. The number of H-pyrrole nitrogens is 1. The predicted octanol–water partition coefficient (Wildman–Crippen LogP) is 2.80. The van der Waals surface area contributed by atoms with Crippen molar-refractivity contribution in [2.75, 3.05) is 12.3 Å². The van der Waals surface area contributed by atoms with Gasteiger partial charge in [0.1, 0.15) is 18.1 Å². The van der Waals surface area contributed by atoms with Gasteiger partial charge in [0.15, 0.2) is 0 Å². The molecule has 3 aromatic rings. The summed E-state index contributed by atoms with van der Waals surface area (Å²) in [5.41, 5.74) is 12.2. The number of primary amides is 1. The number of aromatic nitrogens is 1. The molecule has 0 spiro atoms. The second-order valence-corrected chi connectivity index (χ2v) is 5.29. The summed E-state index contributed by atoms with van der Waals surface area (Å²) in [4.78, 5) is 24.1. The van der Waals surface area contributed by atoms with E-state index in [9.17, 15) is 9.59 Å². The Balaban J connectivity index is 0.000000209. The molecular formula is C19H19N3O4. The number of benzene rings is 2. The van der Waals surface area contributed by atoms with Crippen molar-refractivity contribution < 1.29 is 19.4 Å². The van der Waals surface area contributed by atoms with Gasteiger partial charge in [0.25, 0.3) is 5.91 Å². The summed E-state index contributed by atoms with van der Waals surface area (Å²) in [5, 5.41) is 9.64. The number of nitrogens with two attached hydrogens (primary N) is 2. The molecule has 0 atom stereocenters. The van der Waals surface area contributed by atoms with Crippen LogP contribution in [0.4, 0.5) is 5.69 Å². The second kappa shape index (κ2) is 8.39. The van der Waals surface area contributed by atoms with Gasteiger partial charge < -0.3 is 26.3 Å². The zero-order valence-corrected chi connectivity index (χ0v) is 13.9. The summed E-state index contributed by atoms with van der Waals surface area (Å²) in [6.07, 6.45) is 1.66. The minimum atomic E-state index is -0.968. The number of hydrogen-bond acceptors (Lipinski definition) is 4. The normalized spacial score (nSPS) is 9.85. The van der Waals surface area contributed by atoms with E-state index in [1.807, 2.05) is 0 Å². The smallest absolute Gasteiger partial charge is 0.352 e. The topological polar surface area (TPSA) is 131 Å². The zero-order valence-electron chi connectivity index (χ0n) is 13.9. The number of ether oxygens (including phenoxy) is 1. The molecule has 0 aliphatic rings. The standard InChI is InChI=1S/C12H11NO3.C7H8N2O/c1-2-5-16-9-3-4-10-8(6-9)7-11(13-10)12(14)15;8-6-4-2-1-3-5(6)7(9)10/h2-4,6-7,13H,1,5H2,(H,14,15);1-4H,8H2,(H2,9,10). The lowest BCUT2D eigenvalue weighted by molar-refractivity contribution is 0.0691. The molecule has 3 rings (SSSR count). The highest BCUT2D eigenvalue weighted by molar-refractivity contribution is 5.97. The van der Waals surface area contributed by atoms with Crippen molar-refractivity contribution >= 4 is 28.5 Å². The fourth-order valence-corrected chi connectivity index (χ4v) is 2.19. The van der Waals surface area contributed by atoms with Crippen LogP contribution in [0.2, 0.25) is 0 Å². The molecule has 0 aliphatic carbocycles. The SMILES string of the molecule is C=CCOc1ccc2[nH]c(C(=O)O)cc2c1.NC(=O)c1ccccc1N. The fraction of sp³-hybridized carbons (Fsp3) is 0.0526. The van der Waals surface area contributed by atoms with Crippen LogP contribution in [0.25, 0.3) is 10.9 Å². The van der Waals surface area contributed by atoms with Gasteiger partial charge in [-0.1, -0.05) is 24.8 Å². The van der Waals surface area contributed by atoms with Crippen molar-refractivity contribution in [2.45, 2.75) is 0 Å². The molecule has 1 heterocycles. The van der Waals surface area contributed by atoms with Crippen LogP contribution < -0.4 is 16.2 Å². The van der Waals surface area contributed by atoms with Crippen molar-refractivity contribution in [1.82, 2.24) is 4.98 Å². The molecule has 7 heteroatoms. The molecule has 1 amide bonds. The molecule has 0 bridgehead atoms. The van der Waals surface area contributed by atoms with E-state index >= 15 is 0 Å². The molecule has 0 saturated carbocycles. The number of aromatic amines is 1. The van der Waals surface area contributed by atoms with Gasteiger partial charge in [-0.3, -0.25) is 4.79 Å². The van der Waals surface area contributed by atoms with Crippen LogP contribution in [0.5, 0.6) is 5.75 Å². The van der Waals surface area contributed by atoms with Crippen molar-refractivity contribution in [2.24, 2.45) is 5.73 Å². The maximum atomic E-state index is 10.8. The quantitative estimate of drug-likeness (QED) is 0.414. The van der Waals surface area contributed by atoms with Gasteiger partial charge >= 0.3 is 5.97 Å². The van der Waals surface area contributed by atoms with Crippen LogP contribution in [0.15, 0.2) is 61.2 Å². The average molecular weight is 353 g/mol. The zero-order chi connectivity index (χ0) is 19.1. The maximum absolute atomic E-state index is 10.8. The number of amides is 1. The largest absolute Gasteiger partial charge is 0.490 e. The van der Waals surface area contributed by atoms with Crippen LogP contribution >= 0.6 is 0 Å². The number of rotatable bonds is 5. The Labute approximate surface area is 149 Å². The molecule has 7 nitrogen and oxygen atoms in total. The molecule has 0 aliphatic heterocycles. The minimum Gasteiger partial charge on any atom is -0.490 e. The predicted molar refractivity (Wildman–Crippen MR) is 100 cm³/mol. The van der Waals surface area contributed by atoms with Gasteiger partial charge in [0.2, 0.25) is 0 Å². The highest BCUT2D eigenvalue weighted by Gasteiger charge is 2.07. The summed E-state index contributed by atoms with van der Waals surface area (Å²) < 4.78 is 5.35. The molecule has 134 valence electrons. The molecule has 0 radical (unpaired) electrons. The van der Waals surface area contributed by atoms with Gasteiger partial charge in [-0.15, -0.1) is 0 Å². The molecule has 0 saturated heterocycles. The van der Waals surface area contributed by atoms with E-state index in [1.165, 1.54) is 0 Å². The first-order chi connectivity index (χ1) is 12.4. The molecule has 0 fully saturated rings. The Morgan fingerprint density at radius 2 is 1.92 bits per heavy atom. The lowest BCUT2D eigenvalue weighted by atomic mass is 10.2. The summed E-state index contributed by atoms with van der Waals surface area (Å²) in [7, 11) is 0.